The normalized spacial score (nSPS) is 10.1. The maximum atomic E-state index is 11.8. The van der Waals surface area contributed by atoms with Gasteiger partial charge < -0.3 is 15.6 Å². The largest absolute Gasteiger partial charge is 0.398 e. The van der Waals surface area contributed by atoms with Gasteiger partial charge in [-0.25, -0.2) is 0 Å². The zero-order valence-electron chi connectivity index (χ0n) is 8.73. The molecule has 0 spiro atoms. The van der Waals surface area contributed by atoms with Crippen LogP contribution >= 0.6 is 0 Å². The Morgan fingerprint density at radius 3 is 2.94 bits per heavy atom. The van der Waals surface area contributed by atoms with Gasteiger partial charge in [0.2, 0.25) is 0 Å². The molecule has 1 aromatic carbocycles. The van der Waals surface area contributed by atoms with Gasteiger partial charge in [-0.1, -0.05) is 11.2 Å². The Bertz CT molecular complexity index is 506. The van der Waals surface area contributed by atoms with Crippen LogP contribution in [-0.2, 0) is 0 Å². The van der Waals surface area contributed by atoms with Crippen LogP contribution in [0.2, 0.25) is 0 Å². The van der Waals surface area contributed by atoms with E-state index in [0.29, 0.717) is 16.9 Å². The molecule has 5 nitrogen and oxygen atoms in total. The molecule has 2 rings (SSSR count). The molecule has 1 heterocycles. The number of carbonyl (C=O) groups is 1. The fourth-order valence-electron chi connectivity index (χ4n) is 1.35. The topological polar surface area (TPSA) is 81.2 Å². The van der Waals surface area contributed by atoms with Gasteiger partial charge in [-0.3, -0.25) is 4.79 Å². The van der Waals surface area contributed by atoms with E-state index in [4.69, 9.17) is 5.73 Å². The summed E-state index contributed by atoms with van der Waals surface area (Å²) in [7, 11) is 0. The number of rotatable bonds is 2. The maximum absolute atomic E-state index is 11.8. The van der Waals surface area contributed by atoms with Crippen LogP contribution in [-0.4, -0.2) is 11.1 Å². The van der Waals surface area contributed by atoms with Crippen molar-refractivity contribution < 1.29 is 9.32 Å². The van der Waals surface area contributed by atoms with Crippen molar-refractivity contribution in [2.45, 2.75) is 6.92 Å². The van der Waals surface area contributed by atoms with Crippen molar-refractivity contribution in [3.05, 3.63) is 41.8 Å². The molecule has 1 amide bonds. The number of hydrogen-bond acceptors (Lipinski definition) is 4. The van der Waals surface area contributed by atoms with Crippen molar-refractivity contribution in [3.8, 4) is 0 Å². The predicted octanol–water partition coefficient (Wildman–Crippen LogP) is 1.82. The molecule has 0 atom stereocenters. The highest BCUT2D eigenvalue weighted by Gasteiger charge is 2.10. The number of nitrogens with zero attached hydrogens (tertiary/aromatic N) is 1. The molecule has 0 aliphatic rings. The third-order valence-electron chi connectivity index (χ3n) is 2.14. The van der Waals surface area contributed by atoms with E-state index in [9.17, 15) is 4.79 Å². The smallest absolute Gasteiger partial charge is 0.257 e. The zero-order valence-corrected chi connectivity index (χ0v) is 8.73. The number of benzene rings is 1. The van der Waals surface area contributed by atoms with Gasteiger partial charge >= 0.3 is 0 Å². The van der Waals surface area contributed by atoms with Crippen LogP contribution in [0.25, 0.3) is 0 Å². The van der Waals surface area contributed by atoms with Crippen LogP contribution in [0.15, 0.2) is 35.2 Å². The molecule has 2 aromatic rings. The lowest BCUT2D eigenvalue weighted by Crippen LogP contribution is -2.13. The van der Waals surface area contributed by atoms with E-state index in [-0.39, 0.29) is 5.91 Å². The molecule has 0 aliphatic heterocycles. The number of nitrogens with one attached hydrogen (secondary N) is 1. The first-order valence-corrected chi connectivity index (χ1v) is 4.73. The molecule has 3 N–H and O–H groups in total. The minimum atomic E-state index is -0.277. The fourth-order valence-corrected chi connectivity index (χ4v) is 1.35. The van der Waals surface area contributed by atoms with Gasteiger partial charge in [-0.2, -0.15) is 0 Å². The van der Waals surface area contributed by atoms with Gasteiger partial charge in [0.25, 0.3) is 5.91 Å². The van der Waals surface area contributed by atoms with Crippen LogP contribution in [0.4, 0.5) is 11.4 Å². The number of aromatic nitrogens is 1. The number of amides is 1. The number of hydrogen-bond donors (Lipinski definition) is 2. The molecule has 0 saturated heterocycles. The minimum Gasteiger partial charge on any atom is -0.398 e. The Labute approximate surface area is 92.2 Å². The molecule has 0 unspecified atom stereocenters. The zero-order chi connectivity index (χ0) is 11.5. The maximum Gasteiger partial charge on any atom is 0.257 e. The van der Waals surface area contributed by atoms with Gasteiger partial charge in [-0.15, -0.1) is 0 Å². The highest BCUT2D eigenvalue weighted by atomic mass is 16.5. The van der Waals surface area contributed by atoms with Crippen molar-refractivity contribution in [1.29, 1.82) is 0 Å². The average molecular weight is 217 g/mol. The van der Waals surface area contributed by atoms with Gasteiger partial charge in [0.05, 0.1) is 11.8 Å². The average Bonchev–Trinajstić information content (AvgIpc) is 2.70. The number of nitrogen functional groups attached to an aromatic ring is 1. The second-order valence-corrected chi connectivity index (χ2v) is 3.46. The molecular formula is C11H11N3O2. The lowest BCUT2D eigenvalue weighted by Gasteiger charge is -2.05. The van der Waals surface area contributed by atoms with E-state index in [1.807, 2.05) is 13.0 Å². The van der Waals surface area contributed by atoms with E-state index in [1.165, 1.54) is 12.5 Å². The Morgan fingerprint density at radius 1 is 1.50 bits per heavy atom. The number of carbonyl (C=O) groups excluding carboxylic acids is 1. The summed E-state index contributed by atoms with van der Waals surface area (Å²) in [5, 5.41) is 6.11. The molecule has 16 heavy (non-hydrogen) atoms. The van der Waals surface area contributed by atoms with Crippen LogP contribution in [0.1, 0.15) is 15.9 Å². The quantitative estimate of drug-likeness (QED) is 0.752. The molecule has 0 bridgehead atoms. The molecule has 1 aromatic heterocycles. The van der Waals surface area contributed by atoms with E-state index in [1.54, 1.807) is 12.1 Å². The summed E-state index contributed by atoms with van der Waals surface area (Å²) in [5.41, 5.74) is 8.16. The van der Waals surface area contributed by atoms with Gasteiger partial charge in [0.1, 0.15) is 12.0 Å². The third kappa shape index (κ3) is 2.03. The fraction of sp³-hybridized carbons (Fsp3) is 0.0909. The Balaban J connectivity index is 2.21. The summed E-state index contributed by atoms with van der Waals surface area (Å²) >= 11 is 0. The standard InChI is InChI=1S/C11H11N3O2/c1-7-2-3-9(10(12)4-7)11(15)14-8-5-13-16-6-8/h2-6H,12H2,1H3,(H,14,15). The summed E-state index contributed by atoms with van der Waals surface area (Å²) in [6.45, 7) is 1.91. The highest BCUT2D eigenvalue weighted by Crippen LogP contribution is 2.15. The number of nitrogens with two attached hydrogens (primary N) is 1. The number of anilines is 2. The van der Waals surface area contributed by atoms with E-state index >= 15 is 0 Å². The molecular weight excluding hydrogens is 206 g/mol. The summed E-state index contributed by atoms with van der Waals surface area (Å²) in [5.74, 6) is -0.277. The second kappa shape index (κ2) is 4.06. The van der Waals surface area contributed by atoms with Crippen LogP contribution in [0.5, 0.6) is 0 Å². The predicted molar refractivity (Wildman–Crippen MR) is 60.0 cm³/mol. The molecule has 5 heteroatoms. The third-order valence-corrected chi connectivity index (χ3v) is 2.14. The number of aryl methyl sites for hydroxylation is 1. The van der Waals surface area contributed by atoms with E-state index in [2.05, 4.69) is 15.0 Å². The van der Waals surface area contributed by atoms with Crippen LogP contribution in [0.3, 0.4) is 0 Å². The van der Waals surface area contributed by atoms with Crippen molar-refractivity contribution in [3.63, 3.8) is 0 Å². The van der Waals surface area contributed by atoms with E-state index in [0.717, 1.165) is 5.56 Å². The van der Waals surface area contributed by atoms with Gasteiger partial charge in [-0.05, 0) is 24.6 Å². The van der Waals surface area contributed by atoms with Gasteiger partial charge in [0, 0.05) is 5.69 Å². The summed E-state index contributed by atoms with van der Waals surface area (Å²) < 4.78 is 4.60. The Kier molecular flexibility index (Phi) is 2.59. The Hall–Kier alpha value is -2.30. The second-order valence-electron chi connectivity index (χ2n) is 3.46. The van der Waals surface area contributed by atoms with Crippen molar-refractivity contribution >= 4 is 17.3 Å². The minimum absolute atomic E-state index is 0.277. The molecule has 0 radical (unpaired) electrons. The van der Waals surface area contributed by atoms with Crippen molar-refractivity contribution in [1.82, 2.24) is 5.16 Å². The summed E-state index contributed by atoms with van der Waals surface area (Å²) in [4.78, 5) is 11.8. The van der Waals surface area contributed by atoms with Gasteiger partial charge in [0.15, 0.2) is 0 Å². The molecule has 82 valence electrons. The molecule has 0 fully saturated rings. The van der Waals surface area contributed by atoms with Crippen molar-refractivity contribution in [2.75, 3.05) is 11.1 Å². The molecule has 0 aliphatic carbocycles. The highest BCUT2D eigenvalue weighted by molar-refractivity contribution is 6.07. The van der Waals surface area contributed by atoms with Crippen LogP contribution < -0.4 is 11.1 Å². The van der Waals surface area contributed by atoms with Crippen LogP contribution in [0, 0.1) is 6.92 Å². The SMILES string of the molecule is Cc1ccc(C(=O)Nc2cnoc2)c(N)c1. The lowest BCUT2D eigenvalue weighted by molar-refractivity contribution is 0.102. The Morgan fingerprint density at radius 2 is 2.31 bits per heavy atom. The first-order valence-electron chi connectivity index (χ1n) is 4.73. The lowest BCUT2D eigenvalue weighted by atomic mass is 10.1. The van der Waals surface area contributed by atoms with Crippen molar-refractivity contribution in [2.24, 2.45) is 0 Å². The summed E-state index contributed by atoms with van der Waals surface area (Å²) in [6, 6.07) is 5.27. The monoisotopic (exact) mass is 217 g/mol. The summed E-state index contributed by atoms with van der Waals surface area (Å²) in [6.07, 6.45) is 2.77. The van der Waals surface area contributed by atoms with E-state index < -0.39 is 0 Å². The first kappa shape index (κ1) is 10.2. The first-order chi connectivity index (χ1) is 7.66. The molecule has 0 saturated carbocycles.